The SMILES string of the molecule is CCCCCC1CCC2CC(c3ccc(C(=O)O)c(-c4ccccc4)c3F)CCC2C1. The molecule has 166 valence electrons. The zero-order chi connectivity index (χ0) is 21.8. The van der Waals surface area contributed by atoms with Crippen molar-refractivity contribution in [3.63, 3.8) is 0 Å². The summed E-state index contributed by atoms with van der Waals surface area (Å²) in [7, 11) is 0. The van der Waals surface area contributed by atoms with E-state index in [4.69, 9.17) is 0 Å². The summed E-state index contributed by atoms with van der Waals surface area (Å²) < 4.78 is 15.8. The normalized spacial score (nSPS) is 25.7. The molecule has 0 saturated heterocycles. The largest absolute Gasteiger partial charge is 0.478 e. The lowest BCUT2D eigenvalue weighted by Crippen LogP contribution is -2.30. The lowest BCUT2D eigenvalue weighted by atomic mass is 9.63. The summed E-state index contributed by atoms with van der Waals surface area (Å²) in [6.07, 6.45) is 12.6. The maximum atomic E-state index is 15.8. The van der Waals surface area contributed by atoms with E-state index in [-0.39, 0.29) is 22.9 Å². The molecule has 2 fully saturated rings. The number of hydrogen-bond donors (Lipinski definition) is 1. The number of unbranched alkanes of at least 4 members (excludes halogenated alkanes) is 2. The van der Waals surface area contributed by atoms with Gasteiger partial charge in [-0.25, -0.2) is 9.18 Å². The maximum Gasteiger partial charge on any atom is 0.336 e. The van der Waals surface area contributed by atoms with Crippen molar-refractivity contribution in [1.29, 1.82) is 0 Å². The van der Waals surface area contributed by atoms with Crippen LogP contribution in [-0.2, 0) is 0 Å². The molecule has 4 rings (SSSR count). The van der Waals surface area contributed by atoms with Crippen LogP contribution in [0.5, 0.6) is 0 Å². The van der Waals surface area contributed by atoms with Crippen molar-refractivity contribution in [3.05, 3.63) is 59.4 Å². The maximum absolute atomic E-state index is 15.8. The van der Waals surface area contributed by atoms with Crippen molar-refractivity contribution < 1.29 is 14.3 Å². The molecule has 2 aromatic carbocycles. The Morgan fingerprint density at radius 2 is 1.71 bits per heavy atom. The molecule has 0 spiro atoms. The van der Waals surface area contributed by atoms with Gasteiger partial charge in [-0.05, 0) is 73.0 Å². The van der Waals surface area contributed by atoms with E-state index < -0.39 is 5.97 Å². The van der Waals surface area contributed by atoms with Gasteiger partial charge in [0.2, 0.25) is 0 Å². The van der Waals surface area contributed by atoms with Crippen LogP contribution < -0.4 is 0 Å². The van der Waals surface area contributed by atoms with E-state index in [2.05, 4.69) is 6.92 Å². The van der Waals surface area contributed by atoms with Crippen LogP contribution >= 0.6 is 0 Å². The quantitative estimate of drug-likeness (QED) is 0.458. The van der Waals surface area contributed by atoms with Crippen molar-refractivity contribution in [2.24, 2.45) is 17.8 Å². The Balaban J connectivity index is 1.52. The predicted octanol–water partition coefficient (Wildman–Crippen LogP) is 8.07. The lowest BCUT2D eigenvalue weighted by Gasteiger charge is -2.42. The average molecular weight is 423 g/mol. The van der Waals surface area contributed by atoms with Crippen LogP contribution in [0.1, 0.15) is 93.0 Å². The molecule has 0 radical (unpaired) electrons. The highest BCUT2D eigenvalue weighted by Gasteiger charge is 2.37. The van der Waals surface area contributed by atoms with Gasteiger partial charge in [-0.2, -0.15) is 0 Å². The Bertz CT molecular complexity index is 891. The monoisotopic (exact) mass is 422 g/mol. The van der Waals surface area contributed by atoms with E-state index in [0.717, 1.165) is 24.7 Å². The second kappa shape index (κ2) is 9.97. The van der Waals surface area contributed by atoms with Crippen LogP contribution in [0, 0.1) is 23.6 Å². The summed E-state index contributed by atoms with van der Waals surface area (Å²) in [6.45, 7) is 2.27. The van der Waals surface area contributed by atoms with Crippen molar-refractivity contribution in [3.8, 4) is 11.1 Å². The van der Waals surface area contributed by atoms with Gasteiger partial charge in [0.1, 0.15) is 5.82 Å². The fourth-order valence-corrected chi connectivity index (χ4v) is 6.19. The zero-order valence-corrected chi connectivity index (χ0v) is 18.7. The first kappa shape index (κ1) is 22.0. The number of carbonyl (C=O) groups is 1. The van der Waals surface area contributed by atoms with Gasteiger partial charge in [0.15, 0.2) is 0 Å². The highest BCUT2D eigenvalue weighted by molar-refractivity contribution is 5.96. The Kier molecular flexibility index (Phi) is 7.09. The van der Waals surface area contributed by atoms with Crippen molar-refractivity contribution in [2.75, 3.05) is 0 Å². The highest BCUT2D eigenvalue weighted by Crippen LogP contribution is 2.49. The number of benzene rings is 2. The molecule has 4 atom stereocenters. The number of aromatic carboxylic acids is 1. The van der Waals surface area contributed by atoms with Crippen LogP contribution in [0.4, 0.5) is 4.39 Å². The molecule has 2 aromatic rings. The molecular formula is C28H35FO2. The lowest BCUT2D eigenvalue weighted by molar-refractivity contribution is 0.0697. The molecule has 0 aromatic heterocycles. The number of hydrogen-bond acceptors (Lipinski definition) is 1. The van der Waals surface area contributed by atoms with Crippen molar-refractivity contribution >= 4 is 5.97 Å². The Labute approximate surface area is 185 Å². The second-order valence-electron chi connectivity index (χ2n) is 9.77. The first-order valence-corrected chi connectivity index (χ1v) is 12.2. The van der Waals surface area contributed by atoms with Gasteiger partial charge in [0.05, 0.1) is 5.56 Å². The standard InChI is InChI=1S/C28H35FO2/c1-2-3-5-8-19-11-12-22-18-23(14-13-21(22)17-19)24-15-16-25(28(30)31)26(27(24)29)20-9-6-4-7-10-20/h4,6-7,9-10,15-16,19,21-23H,2-3,5,8,11-14,17-18H2,1H3,(H,30,31). The summed E-state index contributed by atoms with van der Waals surface area (Å²) in [6, 6.07) is 12.5. The molecular weight excluding hydrogens is 387 g/mol. The van der Waals surface area contributed by atoms with Gasteiger partial charge < -0.3 is 5.11 Å². The van der Waals surface area contributed by atoms with Gasteiger partial charge >= 0.3 is 5.97 Å². The van der Waals surface area contributed by atoms with E-state index in [1.165, 1.54) is 51.4 Å². The van der Waals surface area contributed by atoms with E-state index in [1.807, 2.05) is 18.2 Å². The molecule has 0 aliphatic heterocycles. The molecule has 0 heterocycles. The summed E-state index contributed by atoms with van der Waals surface area (Å²) >= 11 is 0. The van der Waals surface area contributed by atoms with E-state index >= 15 is 4.39 Å². The van der Waals surface area contributed by atoms with Gasteiger partial charge in [-0.1, -0.05) is 75.4 Å². The minimum atomic E-state index is -1.07. The molecule has 2 nitrogen and oxygen atoms in total. The number of fused-ring (bicyclic) bond motifs is 1. The summed E-state index contributed by atoms with van der Waals surface area (Å²) in [4.78, 5) is 11.8. The van der Waals surface area contributed by atoms with Gasteiger partial charge in [0.25, 0.3) is 0 Å². The summed E-state index contributed by atoms with van der Waals surface area (Å²) in [5, 5.41) is 9.64. The molecule has 4 unspecified atom stereocenters. The molecule has 31 heavy (non-hydrogen) atoms. The van der Waals surface area contributed by atoms with Gasteiger partial charge in [-0.3, -0.25) is 0 Å². The smallest absolute Gasteiger partial charge is 0.336 e. The highest BCUT2D eigenvalue weighted by atomic mass is 19.1. The third-order valence-electron chi connectivity index (χ3n) is 7.84. The molecule has 0 amide bonds. The minimum Gasteiger partial charge on any atom is -0.478 e. The molecule has 2 aliphatic rings. The number of carboxylic acids is 1. The van der Waals surface area contributed by atoms with Gasteiger partial charge in [-0.15, -0.1) is 0 Å². The third-order valence-corrected chi connectivity index (χ3v) is 7.84. The summed E-state index contributed by atoms with van der Waals surface area (Å²) in [5.41, 5.74) is 1.65. The van der Waals surface area contributed by atoms with Crippen LogP contribution in [0.15, 0.2) is 42.5 Å². The van der Waals surface area contributed by atoms with Crippen LogP contribution in [-0.4, -0.2) is 11.1 Å². The van der Waals surface area contributed by atoms with E-state index in [1.54, 1.807) is 24.3 Å². The molecule has 3 heteroatoms. The third kappa shape index (κ3) is 4.86. The number of rotatable bonds is 7. The van der Waals surface area contributed by atoms with E-state index in [9.17, 15) is 9.90 Å². The molecule has 1 N–H and O–H groups in total. The fraction of sp³-hybridized carbons (Fsp3) is 0.536. The fourth-order valence-electron chi connectivity index (χ4n) is 6.19. The molecule has 2 saturated carbocycles. The topological polar surface area (TPSA) is 37.3 Å². The molecule has 0 bridgehead atoms. The number of halogens is 1. The van der Waals surface area contributed by atoms with Crippen molar-refractivity contribution in [1.82, 2.24) is 0 Å². The number of carboxylic acid groups (broad SMARTS) is 1. The van der Waals surface area contributed by atoms with Crippen LogP contribution in [0.2, 0.25) is 0 Å². The molecule has 2 aliphatic carbocycles. The average Bonchev–Trinajstić information content (AvgIpc) is 2.79. The Hall–Kier alpha value is -2.16. The van der Waals surface area contributed by atoms with Gasteiger partial charge in [0, 0.05) is 5.56 Å². The second-order valence-corrected chi connectivity index (χ2v) is 9.77. The minimum absolute atomic E-state index is 0.0497. The Morgan fingerprint density at radius 1 is 0.968 bits per heavy atom. The first-order valence-electron chi connectivity index (χ1n) is 12.2. The summed E-state index contributed by atoms with van der Waals surface area (Å²) in [5.74, 6) is 1.17. The first-order chi connectivity index (χ1) is 15.1. The predicted molar refractivity (Wildman–Crippen MR) is 124 cm³/mol. The van der Waals surface area contributed by atoms with Crippen LogP contribution in [0.3, 0.4) is 0 Å². The Morgan fingerprint density at radius 3 is 2.45 bits per heavy atom. The van der Waals surface area contributed by atoms with Crippen LogP contribution in [0.25, 0.3) is 11.1 Å². The van der Waals surface area contributed by atoms with Crippen molar-refractivity contribution in [2.45, 2.75) is 77.0 Å². The zero-order valence-electron chi connectivity index (χ0n) is 18.7. The van der Waals surface area contributed by atoms with E-state index in [0.29, 0.717) is 17.0 Å².